The van der Waals surface area contributed by atoms with Gasteiger partial charge in [-0.25, -0.2) is 4.98 Å². The molecular weight excluding hydrogens is 332 g/mol. The number of benzene rings is 2. The summed E-state index contributed by atoms with van der Waals surface area (Å²) in [5.74, 6) is 1.74. The molecule has 0 radical (unpaired) electrons. The lowest BCUT2D eigenvalue weighted by molar-refractivity contribution is 0.315. The average molecular weight is 354 g/mol. The number of ether oxygens (including phenoxy) is 2. The van der Waals surface area contributed by atoms with Crippen molar-refractivity contribution in [1.82, 2.24) is 9.88 Å². The van der Waals surface area contributed by atoms with Crippen LogP contribution in [0.4, 0.5) is 0 Å². The lowest BCUT2D eigenvalue weighted by Gasteiger charge is -2.15. The van der Waals surface area contributed by atoms with Gasteiger partial charge in [-0.2, -0.15) is 0 Å². The maximum Gasteiger partial charge on any atom is 0.123 e. The molecule has 1 aromatic heterocycles. The molecule has 5 heteroatoms. The minimum absolute atomic E-state index is 0.812. The summed E-state index contributed by atoms with van der Waals surface area (Å²) in [7, 11) is 5.47. The molecule has 0 saturated carbocycles. The van der Waals surface area contributed by atoms with Crippen molar-refractivity contribution in [2.24, 2.45) is 0 Å². The van der Waals surface area contributed by atoms with Crippen LogP contribution in [0.25, 0.3) is 10.6 Å². The molecule has 3 rings (SSSR count). The second kappa shape index (κ2) is 8.14. The standard InChI is InChI=1S/C20H22N2O2S/c1-22(12-15-7-9-18(23-2)10-8-15)13-17-14-25-20(21-17)16-5-4-6-19(11-16)24-3/h4-11,14H,12-13H2,1-3H3. The van der Waals surface area contributed by atoms with Gasteiger partial charge in [-0.1, -0.05) is 24.3 Å². The molecule has 3 aromatic rings. The molecule has 4 nitrogen and oxygen atoms in total. The third kappa shape index (κ3) is 4.59. The number of nitrogens with zero attached hydrogens (tertiary/aromatic N) is 2. The summed E-state index contributed by atoms with van der Waals surface area (Å²) in [5.41, 5.74) is 3.43. The van der Waals surface area contributed by atoms with E-state index in [1.807, 2.05) is 30.3 Å². The van der Waals surface area contributed by atoms with Crippen molar-refractivity contribution >= 4 is 11.3 Å². The summed E-state index contributed by atoms with van der Waals surface area (Å²) in [6.07, 6.45) is 0. The Kier molecular flexibility index (Phi) is 5.68. The van der Waals surface area contributed by atoms with E-state index in [-0.39, 0.29) is 0 Å². The molecule has 0 atom stereocenters. The molecule has 0 spiro atoms. The van der Waals surface area contributed by atoms with E-state index in [9.17, 15) is 0 Å². The highest BCUT2D eigenvalue weighted by Crippen LogP contribution is 2.27. The Labute approximate surface area is 152 Å². The topological polar surface area (TPSA) is 34.6 Å². The van der Waals surface area contributed by atoms with Crippen molar-refractivity contribution in [1.29, 1.82) is 0 Å². The molecule has 0 aliphatic carbocycles. The van der Waals surface area contributed by atoms with Gasteiger partial charge in [0.15, 0.2) is 0 Å². The third-order valence-corrected chi connectivity index (χ3v) is 4.85. The van der Waals surface area contributed by atoms with Gasteiger partial charge in [-0.05, 0) is 36.9 Å². The van der Waals surface area contributed by atoms with Crippen LogP contribution in [0.2, 0.25) is 0 Å². The molecule has 0 fully saturated rings. The van der Waals surface area contributed by atoms with E-state index in [4.69, 9.17) is 14.5 Å². The number of aromatic nitrogens is 1. The number of hydrogen-bond donors (Lipinski definition) is 0. The van der Waals surface area contributed by atoms with E-state index >= 15 is 0 Å². The Morgan fingerprint density at radius 1 is 0.960 bits per heavy atom. The molecule has 1 heterocycles. The molecule has 0 amide bonds. The Bertz CT molecular complexity index is 815. The summed E-state index contributed by atoms with van der Waals surface area (Å²) in [5, 5.41) is 3.14. The quantitative estimate of drug-likeness (QED) is 0.627. The van der Waals surface area contributed by atoms with E-state index in [2.05, 4.69) is 35.5 Å². The zero-order valence-electron chi connectivity index (χ0n) is 14.7. The first-order chi connectivity index (χ1) is 12.2. The van der Waals surface area contributed by atoms with Gasteiger partial charge in [-0.15, -0.1) is 11.3 Å². The van der Waals surface area contributed by atoms with E-state index < -0.39 is 0 Å². The molecule has 2 aromatic carbocycles. The Morgan fingerprint density at radius 3 is 2.44 bits per heavy atom. The lowest BCUT2D eigenvalue weighted by Crippen LogP contribution is -2.17. The first-order valence-corrected chi connectivity index (χ1v) is 8.96. The van der Waals surface area contributed by atoms with Crippen LogP contribution in [0.3, 0.4) is 0 Å². The molecule has 0 saturated heterocycles. The second-order valence-electron chi connectivity index (χ2n) is 5.90. The van der Waals surface area contributed by atoms with E-state index in [1.54, 1.807) is 25.6 Å². The molecule has 0 N–H and O–H groups in total. The van der Waals surface area contributed by atoms with Crippen molar-refractivity contribution in [3.63, 3.8) is 0 Å². The van der Waals surface area contributed by atoms with Gasteiger partial charge < -0.3 is 9.47 Å². The van der Waals surface area contributed by atoms with Crippen LogP contribution in [-0.4, -0.2) is 31.2 Å². The highest BCUT2D eigenvalue weighted by Gasteiger charge is 2.08. The van der Waals surface area contributed by atoms with Crippen LogP contribution in [-0.2, 0) is 13.1 Å². The molecule has 0 aliphatic heterocycles. The van der Waals surface area contributed by atoms with Crippen LogP contribution in [0.1, 0.15) is 11.3 Å². The monoisotopic (exact) mass is 354 g/mol. The minimum Gasteiger partial charge on any atom is -0.497 e. The van der Waals surface area contributed by atoms with Crippen LogP contribution < -0.4 is 9.47 Å². The van der Waals surface area contributed by atoms with Gasteiger partial charge in [0.25, 0.3) is 0 Å². The molecule has 130 valence electrons. The van der Waals surface area contributed by atoms with Crippen molar-refractivity contribution in [2.75, 3.05) is 21.3 Å². The molecular formula is C20H22N2O2S. The third-order valence-electron chi connectivity index (χ3n) is 3.91. The molecule has 0 aliphatic rings. The fourth-order valence-electron chi connectivity index (χ4n) is 2.64. The van der Waals surface area contributed by atoms with E-state index in [1.165, 1.54) is 5.56 Å². The van der Waals surface area contributed by atoms with Crippen LogP contribution in [0, 0.1) is 0 Å². The highest BCUT2D eigenvalue weighted by atomic mass is 32.1. The van der Waals surface area contributed by atoms with E-state index in [0.29, 0.717) is 0 Å². The summed E-state index contributed by atoms with van der Waals surface area (Å²) in [6.45, 7) is 1.68. The van der Waals surface area contributed by atoms with Gasteiger partial charge in [0, 0.05) is 24.0 Å². The van der Waals surface area contributed by atoms with Crippen LogP contribution in [0.5, 0.6) is 11.5 Å². The SMILES string of the molecule is COc1ccc(CN(C)Cc2csc(-c3cccc(OC)c3)n2)cc1. The highest BCUT2D eigenvalue weighted by molar-refractivity contribution is 7.13. The summed E-state index contributed by atoms with van der Waals surface area (Å²) < 4.78 is 10.5. The molecule has 25 heavy (non-hydrogen) atoms. The number of thiazole rings is 1. The van der Waals surface area contributed by atoms with Crippen molar-refractivity contribution in [3.05, 3.63) is 65.2 Å². The van der Waals surface area contributed by atoms with Crippen molar-refractivity contribution < 1.29 is 9.47 Å². The number of methoxy groups -OCH3 is 2. The average Bonchev–Trinajstić information content (AvgIpc) is 3.10. The van der Waals surface area contributed by atoms with Gasteiger partial charge in [0.1, 0.15) is 16.5 Å². The molecule has 0 unspecified atom stereocenters. The minimum atomic E-state index is 0.812. The summed E-state index contributed by atoms with van der Waals surface area (Å²) in [4.78, 5) is 7.02. The van der Waals surface area contributed by atoms with Crippen molar-refractivity contribution in [2.45, 2.75) is 13.1 Å². The maximum absolute atomic E-state index is 5.29. The predicted octanol–water partition coefficient (Wildman–Crippen LogP) is 4.46. The first-order valence-electron chi connectivity index (χ1n) is 8.08. The number of rotatable bonds is 7. The second-order valence-corrected chi connectivity index (χ2v) is 6.75. The Morgan fingerprint density at radius 2 is 1.72 bits per heavy atom. The van der Waals surface area contributed by atoms with Gasteiger partial charge in [0.2, 0.25) is 0 Å². The largest absolute Gasteiger partial charge is 0.497 e. The van der Waals surface area contributed by atoms with Crippen LogP contribution in [0.15, 0.2) is 53.9 Å². The smallest absolute Gasteiger partial charge is 0.123 e. The number of hydrogen-bond acceptors (Lipinski definition) is 5. The summed E-state index contributed by atoms with van der Waals surface area (Å²) in [6, 6.07) is 16.2. The summed E-state index contributed by atoms with van der Waals surface area (Å²) >= 11 is 1.67. The fraction of sp³-hybridized carbons (Fsp3) is 0.250. The Balaban J connectivity index is 1.63. The van der Waals surface area contributed by atoms with Crippen LogP contribution >= 0.6 is 11.3 Å². The lowest BCUT2D eigenvalue weighted by atomic mass is 10.2. The predicted molar refractivity (Wildman–Crippen MR) is 102 cm³/mol. The Hall–Kier alpha value is -2.37. The zero-order valence-corrected chi connectivity index (χ0v) is 15.5. The first kappa shape index (κ1) is 17.5. The molecule has 0 bridgehead atoms. The zero-order chi connectivity index (χ0) is 17.6. The van der Waals surface area contributed by atoms with E-state index in [0.717, 1.165) is 40.9 Å². The van der Waals surface area contributed by atoms with Gasteiger partial charge in [0.05, 0.1) is 19.9 Å². The fourth-order valence-corrected chi connectivity index (χ4v) is 3.45. The maximum atomic E-state index is 5.29. The normalized spacial score (nSPS) is 10.9. The van der Waals surface area contributed by atoms with Gasteiger partial charge >= 0.3 is 0 Å². The van der Waals surface area contributed by atoms with Gasteiger partial charge in [-0.3, -0.25) is 4.90 Å². The van der Waals surface area contributed by atoms with Crippen molar-refractivity contribution in [3.8, 4) is 22.1 Å².